The van der Waals surface area contributed by atoms with Crippen molar-refractivity contribution in [1.29, 1.82) is 0 Å². The molecule has 0 radical (unpaired) electrons. The molecule has 0 saturated heterocycles. The van der Waals surface area contributed by atoms with Gasteiger partial charge >= 0.3 is 0 Å². The lowest BCUT2D eigenvalue weighted by atomic mass is 9.76. The zero-order chi connectivity index (χ0) is 29.8. The van der Waals surface area contributed by atoms with Gasteiger partial charge in [-0.2, -0.15) is 5.06 Å². The Bertz CT molecular complexity index is 1770. The number of nitro groups is 1. The van der Waals surface area contributed by atoms with Crippen molar-refractivity contribution in [2.24, 2.45) is 0 Å². The molecule has 0 unspecified atom stereocenters. The predicted octanol–water partition coefficient (Wildman–Crippen LogP) is 7.53. The summed E-state index contributed by atoms with van der Waals surface area (Å²) in [6.45, 7) is 0.298. The number of nitrogens with zero attached hydrogens (tertiary/aromatic N) is 2. The molecule has 2 N–H and O–H groups in total. The number of carbonyl (C=O) groups excluding carboxylic acids is 1. The number of hydrogen-bond acceptors (Lipinski definition) is 5. The standard InChI is InChI=1S/C36H29N3O4/c40-35(26-16-19-32(20-17-26)39(42)43)27-18-21-34-33(24-27)28(25-37-34)22-23-38(41)36(29-10-4-1-5-11-29,30-12-6-2-7-13-30)31-14-8-3-9-15-31/h1-21,24-25,37,41H,22-23H2. The molecule has 212 valence electrons. The van der Waals surface area contributed by atoms with Gasteiger partial charge in [0.15, 0.2) is 5.78 Å². The maximum absolute atomic E-state index is 13.2. The molecule has 0 fully saturated rings. The largest absolute Gasteiger partial charge is 0.361 e. The highest BCUT2D eigenvalue weighted by Crippen LogP contribution is 2.41. The van der Waals surface area contributed by atoms with Crippen molar-refractivity contribution in [3.63, 3.8) is 0 Å². The van der Waals surface area contributed by atoms with Crippen LogP contribution in [-0.2, 0) is 12.0 Å². The topological polar surface area (TPSA) is 99.5 Å². The Morgan fingerprint density at radius 3 is 1.77 bits per heavy atom. The fraction of sp³-hybridized carbons (Fsp3) is 0.0833. The van der Waals surface area contributed by atoms with Crippen molar-refractivity contribution >= 4 is 22.4 Å². The van der Waals surface area contributed by atoms with E-state index in [1.54, 1.807) is 6.07 Å². The van der Waals surface area contributed by atoms with Gasteiger partial charge < -0.3 is 10.2 Å². The summed E-state index contributed by atoms with van der Waals surface area (Å²) in [5.41, 5.74) is 4.46. The van der Waals surface area contributed by atoms with Crippen LogP contribution in [0.2, 0.25) is 0 Å². The van der Waals surface area contributed by atoms with Crippen molar-refractivity contribution < 1.29 is 14.9 Å². The van der Waals surface area contributed by atoms with Gasteiger partial charge in [-0.25, -0.2) is 0 Å². The van der Waals surface area contributed by atoms with Gasteiger partial charge in [0.1, 0.15) is 5.54 Å². The molecule has 0 amide bonds. The Morgan fingerprint density at radius 1 is 0.744 bits per heavy atom. The summed E-state index contributed by atoms with van der Waals surface area (Å²) < 4.78 is 0. The zero-order valence-corrected chi connectivity index (χ0v) is 23.3. The minimum atomic E-state index is -0.965. The molecule has 0 aliphatic carbocycles. The van der Waals surface area contributed by atoms with Gasteiger partial charge in [-0.15, -0.1) is 0 Å². The first-order chi connectivity index (χ1) is 21.0. The van der Waals surface area contributed by atoms with Crippen LogP contribution in [0.25, 0.3) is 10.9 Å². The molecule has 0 bridgehead atoms. The number of non-ortho nitro benzene ring substituents is 1. The van der Waals surface area contributed by atoms with E-state index in [0.717, 1.165) is 33.2 Å². The molecule has 0 aliphatic heterocycles. The number of hydrogen-bond donors (Lipinski definition) is 2. The smallest absolute Gasteiger partial charge is 0.269 e. The number of benzene rings is 5. The van der Waals surface area contributed by atoms with Crippen molar-refractivity contribution in [3.05, 3.63) is 183 Å². The van der Waals surface area contributed by atoms with Crippen LogP contribution in [0.5, 0.6) is 0 Å². The Labute approximate surface area is 248 Å². The Balaban J connectivity index is 1.35. The average molecular weight is 568 g/mol. The molecule has 0 atom stereocenters. The van der Waals surface area contributed by atoms with Gasteiger partial charge in [-0.3, -0.25) is 14.9 Å². The molecular weight excluding hydrogens is 538 g/mol. The number of fused-ring (bicyclic) bond motifs is 1. The molecule has 43 heavy (non-hydrogen) atoms. The van der Waals surface area contributed by atoms with Crippen molar-refractivity contribution in [3.8, 4) is 0 Å². The van der Waals surface area contributed by atoms with E-state index in [9.17, 15) is 20.1 Å². The van der Waals surface area contributed by atoms with E-state index in [1.807, 2.05) is 109 Å². The van der Waals surface area contributed by atoms with E-state index in [1.165, 1.54) is 29.3 Å². The summed E-state index contributed by atoms with van der Waals surface area (Å²) in [6, 6.07) is 41.0. The van der Waals surface area contributed by atoms with Crippen LogP contribution in [0.15, 0.2) is 140 Å². The lowest BCUT2D eigenvalue weighted by Crippen LogP contribution is -2.47. The maximum atomic E-state index is 13.2. The van der Waals surface area contributed by atoms with E-state index < -0.39 is 10.5 Å². The predicted molar refractivity (Wildman–Crippen MR) is 166 cm³/mol. The molecule has 6 aromatic rings. The van der Waals surface area contributed by atoms with E-state index in [0.29, 0.717) is 24.1 Å². The summed E-state index contributed by atoms with van der Waals surface area (Å²) in [6.07, 6.45) is 2.41. The van der Waals surface area contributed by atoms with Gasteiger partial charge in [0, 0.05) is 46.9 Å². The van der Waals surface area contributed by atoms with E-state index in [-0.39, 0.29) is 11.5 Å². The molecule has 7 heteroatoms. The number of aromatic nitrogens is 1. The number of nitro benzene ring substituents is 1. The van der Waals surface area contributed by atoms with Crippen LogP contribution < -0.4 is 0 Å². The van der Waals surface area contributed by atoms with Crippen LogP contribution in [0.4, 0.5) is 5.69 Å². The van der Waals surface area contributed by atoms with Crippen molar-refractivity contribution in [1.82, 2.24) is 10.0 Å². The highest BCUT2D eigenvalue weighted by atomic mass is 16.6. The first kappa shape index (κ1) is 27.8. The third kappa shape index (κ3) is 5.23. The quantitative estimate of drug-likeness (QED) is 0.0771. The molecule has 0 aliphatic rings. The van der Waals surface area contributed by atoms with Crippen LogP contribution in [0.3, 0.4) is 0 Å². The minimum Gasteiger partial charge on any atom is -0.361 e. The average Bonchev–Trinajstić information content (AvgIpc) is 3.47. The molecule has 1 heterocycles. The van der Waals surface area contributed by atoms with Gasteiger partial charge in [0.05, 0.1) is 4.92 Å². The molecule has 1 aromatic heterocycles. The molecule has 5 aromatic carbocycles. The second-order valence-corrected chi connectivity index (χ2v) is 10.4. The van der Waals surface area contributed by atoms with Crippen LogP contribution in [0.1, 0.15) is 38.2 Å². The van der Waals surface area contributed by atoms with Gasteiger partial charge in [-0.05, 0) is 59.0 Å². The Kier molecular flexibility index (Phi) is 7.66. The van der Waals surface area contributed by atoms with Crippen LogP contribution in [-0.4, -0.2) is 32.5 Å². The summed E-state index contributed by atoms with van der Waals surface area (Å²) in [5, 5.41) is 25.4. The molecular formula is C36H29N3O4. The van der Waals surface area contributed by atoms with Gasteiger partial charge in [0.25, 0.3) is 5.69 Å². The van der Waals surface area contributed by atoms with Crippen molar-refractivity contribution in [2.45, 2.75) is 12.0 Å². The second-order valence-electron chi connectivity index (χ2n) is 10.4. The second kappa shape index (κ2) is 11.9. The first-order valence-electron chi connectivity index (χ1n) is 14.0. The Morgan fingerprint density at radius 2 is 1.26 bits per heavy atom. The minimum absolute atomic E-state index is 0.0638. The summed E-state index contributed by atoms with van der Waals surface area (Å²) in [7, 11) is 0. The number of hydroxylamine groups is 2. The summed E-state index contributed by atoms with van der Waals surface area (Å²) in [4.78, 5) is 27.1. The molecule has 6 rings (SSSR count). The normalized spacial score (nSPS) is 11.6. The monoisotopic (exact) mass is 567 g/mol. The first-order valence-corrected chi connectivity index (χ1v) is 14.0. The third-order valence-corrected chi connectivity index (χ3v) is 7.92. The number of aromatic amines is 1. The highest BCUT2D eigenvalue weighted by Gasteiger charge is 2.41. The fourth-order valence-corrected chi connectivity index (χ4v) is 5.81. The highest BCUT2D eigenvalue weighted by molar-refractivity contribution is 6.10. The number of nitrogens with one attached hydrogen (secondary N) is 1. The van der Waals surface area contributed by atoms with Crippen LogP contribution in [0, 0.1) is 10.1 Å². The summed E-state index contributed by atoms with van der Waals surface area (Å²) >= 11 is 0. The van der Waals surface area contributed by atoms with Crippen LogP contribution >= 0.6 is 0 Å². The number of ketones is 1. The lowest BCUT2D eigenvalue weighted by molar-refractivity contribution is -0.384. The SMILES string of the molecule is O=C(c1ccc([N+](=O)[O-])cc1)c1ccc2[nH]cc(CCN(O)C(c3ccccc3)(c3ccccc3)c3ccccc3)c2c1. The van der Waals surface area contributed by atoms with Crippen molar-refractivity contribution in [2.75, 3.05) is 6.54 Å². The number of H-pyrrole nitrogens is 1. The lowest BCUT2D eigenvalue weighted by Gasteiger charge is -2.42. The Hall–Kier alpha value is -5.37. The van der Waals surface area contributed by atoms with Gasteiger partial charge in [0.2, 0.25) is 0 Å². The van der Waals surface area contributed by atoms with E-state index >= 15 is 0 Å². The number of rotatable bonds is 10. The van der Waals surface area contributed by atoms with E-state index in [2.05, 4.69) is 4.98 Å². The van der Waals surface area contributed by atoms with Gasteiger partial charge in [-0.1, -0.05) is 91.0 Å². The molecule has 0 spiro atoms. The maximum Gasteiger partial charge on any atom is 0.269 e. The zero-order valence-electron chi connectivity index (χ0n) is 23.3. The fourth-order valence-electron chi connectivity index (χ4n) is 5.81. The molecule has 0 saturated carbocycles. The third-order valence-electron chi connectivity index (χ3n) is 7.92. The number of carbonyl (C=O) groups is 1. The summed E-state index contributed by atoms with van der Waals surface area (Å²) in [5.74, 6) is -0.219. The van der Waals surface area contributed by atoms with E-state index in [4.69, 9.17) is 0 Å². The molecule has 7 nitrogen and oxygen atoms in total.